The van der Waals surface area contributed by atoms with Gasteiger partial charge in [-0.15, -0.1) is 0 Å². The zero-order valence-electron chi connectivity index (χ0n) is 17.8. The van der Waals surface area contributed by atoms with Crippen LogP contribution in [0.2, 0.25) is 5.02 Å². The Balaban J connectivity index is 2.16. The molecule has 0 radical (unpaired) electrons. The van der Waals surface area contributed by atoms with E-state index in [-0.39, 0.29) is 23.9 Å². The summed E-state index contributed by atoms with van der Waals surface area (Å²) in [6.45, 7) is 9.77. The molecule has 2 rings (SSSR count). The molecule has 7 heteroatoms. The summed E-state index contributed by atoms with van der Waals surface area (Å²) in [6.07, 6.45) is 1.09. The lowest BCUT2D eigenvalue weighted by Gasteiger charge is -2.25. The van der Waals surface area contributed by atoms with Crippen LogP contribution in [-0.4, -0.2) is 27.1 Å². The molecule has 1 N–H and O–H groups in total. The van der Waals surface area contributed by atoms with E-state index in [1.165, 1.54) is 5.56 Å². The van der Waals surface area contributed by atoms with E-state index < -0.39 is 10.0 Å². The summed E-state index contributed by atoms with van der Waals surface area (Å²) in [5.41, 5.74) is 3.34. The van der Waals surface area contributed by atoms with Gasteiger partial charge in [-0.3, -0.25) is 9.10 Å². The summed E-state index contributed by atoms with van der Waals surface area (Å²) in [5, 5.41) is 3.40. The molecule has 29 heavy (non-hydrogen) atoms. The summed E-state index contributed by atoms with van der Waals surface area (Å²) in [5.74, 6) is -0.378. The first-order valence-corrected chi connectivity index (χ1v) is 11.7. The van der Waals surface area contributed by atoms with E-state index in [1.807, 2.05) is 19.1 Å². The van der Waals surface area contributed by atoms with E-state index in [4.69, 9.17) is 11.6 Å². The molecular formula is C22H29ClN2O3S. The topological polar surface area (TPSA) is 66.5 Å². The highest BCUT2D eigenvalue weighted by Crippen LogP contribution is 2.26. The highest BCUT2D eigenvalue weighted by molar-refractivity contribution is 7.92. The maximum absolute atomic E-state index is 12.6. The smallest absolute Gasteiger partial charge is 0.241 e. The molecule has 0 aliphatic heterocycles. The number of hydrogen-bond donors (Lipinski definition) is 1. The molecule has 1 amide bonds. The minimum Gasteiger partial charge on any atom is -0.348 e. The fraction of sp³-hybridized carbons (Fsp3) is 0.409. The van der Waals surface area contributed by atoms with Crippen molar-refractivity contribution in [3.05, 3.63) is 64.2 Å². The Morgan fingerprint density at radius 2 is 1.72 bits per heavy atom. The van der Waals surface area contributed by atoms with Gasteiger partial charge in [-0.2, -0.15) is 0 Å². The van der Waals surface area contributed by atoms with Gasteiger partial charge in [-0.25, -0.2) is 8.42 Å². The van der Waals surface area contributed by atoms with E-state index in [9.17, 15) is 13.2 Å². The zero-order chi connectivity index (χ0) is 22.0. The fourth-order valence-electron chi connectivity index (χ4n) is 3.05. The Morgan fingerprint density at radius 1 is 1.14 bits per heavy atom. The van der Waals surface area contributed by atoms with Crippen LogP contribution >= 0.6 is 11.6 Å². The van der Waals surface area contributed by atoms with E-state index in [0.717, 1.165) is 16.1 Å². The molecule has 0 spiro atoms. The molecule has 0 aromatic heterocycles. The third-order valence-corrected chi connectivity index (χ3v) is 6.13. The van der Waals surface area contributed by atoms with Crippen LogP contribution in [0.5, 0.6) is 0 Å². The monoisotopic (exact) mass is 436 g/mol. The molecule has 2 aromatic rings. The standard InChI is InChI=1S/C22H29ClN2O3S/c1-15-13-19(23)11-12-20(15)25(29(6,27)28)14-21(26)24-16(2)17-7-9-18(10-8-17)22(3,4)5/h7-13,16H,14H2,1-6H3,(H,24,26)/t16-/m1/s1. The van der Waals surface area contributed by atoms with Gasteiger partial charge in [0.2, 0.25) is 15.9 Å². The summed E-state index contributed by atoms with van der Waals surface area (Å²) in [6, 6.07) is 12.7. The van der Waals surface area contributed by atoms with E-state index in [1.54, 1.807) is 25.1 Å². The molecule has 0 bridgehead atoms. The van der Waals surface area contributed by atoms with Gasteiger partial charge in [-0.05, 0) is 54.2 Å². The molecule has 0 unspecified atom stereocenters. The van der Waals surface area contributed by atoms with Crippen molar-refractivity contribution in [2.24, 2.45) is 0 Å². The van der Waals surface area contributed by atoms with Gasteiger partial charge in [0.05, 0.1) is 18.0 Å². The number of carbonyl (C=O) groups excluding carboxylic acids is 1. The van der Waals surface area contributed by atoms with Crippen molar-refractivity contribution in [3.8, 4) is 0 Å². The van der Waals surface area contributed by atoms with Crippen LogP contribution in [0.1, 0.15) is 50.4 Å². The summed E-state index contributed by atoms with van der Waals surface area (Å²) in [7, 11) is -3.64. The molecular weight excluding hydrogens is 408 g/mol. The third kappa shape index (κ3) is 6.21. The SMILES string of the molecule is Cc1cc(Cl)ccc1N(CC(=O)N[C@H](C)c1ccc(C(C)(C)C)cc1)S(C)(=O)=O. The van der Waals surface area contributed by atoms with Crippen LogP contribution in [0.4, 0.5) is 5.69 Å². The normalized spacial score (nSPS) is 13.1. The fourth-order valence-corrected chi connectivity index (χ4v) is 4.19. The van der Waals surface area contributed by atoms with Crippen LogP contribution in [0.15, 0.2) is 42.5 Å². The number of halogens is 1. The van der Waals surface area contributed by atoms with Gasteiger partial charge in [0.1, 0.15) is 6.54 Å². The Bertz CT molecular complexity index is 980. The lowest BCUT2D eigenvalue weighted by molar-refractivity contribution is -0.120. The van der Waals surface area contributed by atoms with Crippen LogP contribution in [0, 0.1) is 6.92 Å². The second-order valence-corrected chi connectivity index (χ2v) is 10.7. The van der Waals surface area contributed by atoms with Crippen molar-refractivity contribution in [2.45, 2.75) is 46.1 Å². The lowest BCUT2D eigenvalue weighted by Crippen LogP contribution is -2.41. The Kier molecular flexibility index (Phi) is 7.01. The van der Waals surface area contributed by atoms with E-state index in [0.29, 0.717) is 16.3 Å². The summed E-state index contributed by atoms with van der Waals surface area (Å²) < 4.78 is 25.7. The quantitative estimate of drug-likeness (QED) is 0.720. The van der Waals surface area contributed by atoms with Gasteiger partial charge in [-0.1, -0.05) is 56.6 Å². The Hall–Kier alpha value is -2.05. The zero-order valence-corrected chi connectivity index (χ0v) is 19.4. The number of carbonyl (C=O) groups is 1. The highest BCUT2D eigenvalue weighted by Gasteiger charge is 2.23. The first kappa shape index (κ1) is 23.2. The predicted molar refractivity (Wildman–Crippen MR) is 120 cm³/mol. The van der Waals surface area contributed by atoms with Gasteiger partial charge < -0.3 is 5.32 Å². The molecule has 0 saturated carbocycles. The third-order valence-electron chi connectivity index (χ3n) is 4.77. The van der Waals surface area contributed by atoms with Gasteiger partial charge >= 0.3 is 0 Å². The number of nitrogens with zero attached hydrogens (tertiary/aromatic N) is 1. The molecule has 158 valence electrons. The molecule has 0 aliphatic rings. The van der Waals surface area contributed by atoms with Crippen molar-refractivity contribution in [3.63, 3.8) is 0 Å². The van der Waals surface area contributed by atoms with E-state index in [2.05, 4.69) is 38.2 Å². The number of amides is 1. The van der Waals surface area contributed by atoms with Crippen LogP contribution in [0.25, 0.3) is 0 Å². The van der Waals surface area contributed by atoms with E-state index >= 15 is 0 Å². The largest absolute Gasteiger partial charge is 0.348 e. The van der Waals surface area contributed by atoms with Crippen LogP contribution in [0.3, 0.4) is 0 Å². The molecule has 0 saturated heterocycles. The number of nitrogens with one attached hydrogen (secondary N) is 1. The Labute approximate surface area is 179 Å². The average molecular weight is 437 g/mol. The number of benzene rings is 2. The van der Waals surface area contributed by atoms with Crippen LogP contribution < -0.4 is 9.62 Å². The van der Waals surface area contributed by atoms with Crippen LogP contribution in [-0.2, 0) is 20.2 Å². The first-order valence-electron chi connectivity index (χ1n) is 9.42. The highest BCUT2D eigenvalue weighted by atomic mass is 35.5. The number of sulfonamides is 1. The molecule has 0 fully saturated rings. The number of rotatable bonds is 6. The molecule has 5 nitrogen and oxygen atoms in total. The maximum atomic E-state index is 12.6. The van der Waals surface area contributed by atoms with Crippen molar-refractivity contribution in [1.29, 1.82) is 0 Å². The average Bonchev–Trinajstić information content (AvgIpc) is 2.58. The molecule has 1 atom stereocenters. The minimum absolute atomic E-state index is 0.0530. The van der Waals surface area contributed by atoms with Gasteiger partial charge in [0, 0.05) is 5.02 Å². The second-order valence-electron chi connectivity index (χ2n) is 8.36. The van der Waals surface area contributed by atoms with Gasteiger partial charge in [0.25, 0.3) is 0 Å². The lowest BCUT2D eigenvalue weighted by atomic mass is 9.86. The first-order chi connectivity index (χ1) is 13.3. The maximum Gasteiger partial charge on any atom is 0.241 e. The van der Waals surface area contributed by atoms with Crippen molar-refractivity contribution < 1.29 is 13.2 Å². The van der Waals surface area contributed by atoms with Crippen molar-refractivity contribution >= 4 is 33.2 Å². The minimum atomic E-state index is -3.64. The Morgan fingerprint density at radius 3 is 2.21 bits per heavy atom. The number of anilines is 1. The molecule has 0 aliphatic carbocycles. The number of aryl methyl sites for hydroxylation is 1. The molecule has 0 heterocycles. The second kappa shape index (κ2) is 8.76. The predicted octanol–water partition coefficient (Wildman–Crippen LogP) is 4.59. The van der Waals surface area contributed by atoms with Gasteiger partial charge in [0.15, 0.2) is 0 Å². The molecule has 2 aromatic carbocycles. The summed E-state index contributed by atoms with van der Waals surface area (Å²) >= 11 is 5.97. The van der Waals surface area contributed by atoms with Crippen molar-refractivity contribution in [2.75, 3.05) is 17.1 Å². The summed E-state index contributed by atoms with van der Waals surface area (Å²) in [4.78, 5) is 12.6. The number of hydrogen-bond acceptors (Lipinski definition) is 3. The van der Waals surface area contributed by atoms with Crippen molar-refractivity contribution in [1.82, 2.24) is 5.32 Å².